The zero-order chi connectivity index (χ0) is 11.1. The van der Waals surface area contributed by atoms with Crippen LogP contribution in [0.1, 0.15) is 52.4 Å². The van der Waals surface area contributed by atoms with Crippen molar-refractivity contribution < 1.29 is 0 Å². The molecule has 0 aliphatic carbocycles. The Morgan fingerprint density at radius 1 is 1.40 bits per heavy atom. The smallest absolute Gasteiger partial charge is 0.0104 e. The summed E-state index contributed by atoms with van der Waals surface area (Å²) >= 11 is 0. The number of rotatable bonds is 6. The first-order valence-corrected chi connectivity index (χ1v) is 6.67. The van der Waals surface area contributed by atoms with E-state index in [1.54, 1.807) is 0 Å². The summed E-state index contributed by atoms with van der Waals surface area (Å²) in [6.07, 6.45) is 8.15. The van der Waals surface area contributed by atoms with E-state index in [0.29, 0.717) is 6.04 Å². The average Bonchev–Trinajstić information content (AvgIpc) is 2.21. The van der Waals surface area contributed by atoms with Crippen molar-refractivity contribution in [1.29, 1.82) is 0 Å². The van der Waals surface area contributed by atoms with E-state index in [2.05, 4.69) is 31.1 Å². The first-order chi connectivity index (χ1) is 7.24. The summed E-state index contributed by atoms with van der Waals surface area (Å²) in [4.78, 5) is 2.54. The van der Waals surface area contributed by atoms with Gasteiger partial charge in [-0.1, -0.05) is 19.8 Å². The molecule has 1 fully saturated rings. The molecule has 1 rings (SSSR count). The van der Waals surface area contributed by atoms with Crippen molar-refractivity contribution in [3.05, 3.63) is 0 Å². The van der Waals surface area contributed by atoms with Gasteiger partial charge in [-0.2, -0.15) is 0 Å². The lowest BCUT2D eigenvalue weighted by Gasteiger charge is -2.32. The highest BCUT2D eigenvalue weighted by Crippen LogP contribution is 2.17. The largest absolute Gasteiger partial charge is 0.314 e. The van der Waals surface area contributed by atoms with Crippen molar-refractivity contribution in [3.8, 4) is 0 Å². The number of hydrogen-bond donors (Lipinski definition) is 1. The number of nitrogens with one attached hydrogen (secondary N) is 1. The molecular formula is C13H28N2. The third kappa shape index (κ3) is 4.98. The number of hydrogen-bond acceptors (Lipinski definition) is 2. The summed E-state index contributed by atoms with van der Waals surface area (Å²) in [7, 11) is 2.28. The normalized spacial score (nSPS) is 25.4. The fraction of sp³-hybridized carbons (Fsp3) is 1.00. The van der Waals surface area contributed by atoms with Crippen LogP contribution in [0.25, 0.3) is 0 Å². The summed E-state index contributed by atoms with van der Waals surface area (Å²) in [5, 5.41) is 3.62. The molecule has 0 aromatic rings. The molecule has 1 saturated heterocycles. The molecule has 2 atom stereocenters. The predicted molar refractivity (Wildman–Crippen MR) is 67.3 cm³/mol. The zero-order valence-electron chi connectivity index (χ0n) is 10.8. The fourth-order valence-corrected chi connectivity index (χ4v) is 2.54. The third-order valence-electron chi connectivity index (χ3n) is 3.61. The van der Waals surface area contributed by atoms with Gasteiger partial charge in [-0.05, 0) is 52.7 Å². The maximum atomic E-state index is 3.62. The first-order valence-electron chi connectivity index (χ1n) is 6.67. The highest BCUT2D eigenvalue weighted by atomic mass is 15.1. The third-order valence-corrected chi connectivity index (χ3v) is 3.61. The topological polar surface area (TPSA) is 15.3 Å². The fourth-order valence-electron chi connectivity index (χ4n) is 2.54. The van der Waals surface area contributed by atoms with Gasteiger partial charge >= 0.3 is 0 Å². The lowest BCUT2D eigenvalue weighted by molar-refractivity contribution is 0.174. The summed E-state index contributed by atoms with van der Waals surface area (Å²) in [5.74, 6) is 0. The molecular weight excluding hydrogens is 184 g/mol. The summed E-state index contributed by atoms with van der Waals surface area (Å²) < 4.78 is 0. The molecule has 15 heavy (non-hydrogen) atoms. The Kier molecular flexibility index (Phi) is 6.26. The minimum absolute atomic E-state index is 0.698. The molecule has 0 spiro atoms. The molecule has 0 aromatic carbocycles. The minimum atomic E-state index is 0.698. The van der Waals surface area contributed by atoms with Crippen LogP contribution < -0.4 is 5.32 Å². The van der Waals surface area contributed by atoms with Gasteiger partial charge in [0.25, 0.3) is 0 Å². The van der Waals surface area contributed by atoms with Crippen LogP contribution in [0.2, 0.25) is 0 Å². The maximum Gasteiger partial charge on any atom is 0.0104 e. The minimum Gasteiger partial charge on any atom is -0.314 e. The van der Waals surface area contributed by atoms with Crippen molar-refractivity contribution in [2.24, 2.45) is 0 Å². The molecule has 0 radical (unpaired) electrons. The maximum absolute atomic E-state index is 3.62. The van der Waals surface area contributed by atoms with E-state index in [9.17, 15) is 0 Å². The van der Waals surface area contributed by atoms with Crippen molar-refractivity contribution in [2.75, 3.05) is 20.1 Å². The van der Waals surface area contributed by atoms with Crippen LogP contribution in [0.4, 0.5) is 0 Å². The summed E-state index contributed by atoms with van der Waals surface area (Å²) in [6, 6.07) is 1.53. The summed E-state index contributed by atoms with van der Waals surface area (Å²) in [5.41, 5.74) is 0. The Labute approximate surface area is 95.4 Å². The lowest BCUT2D eigenvalue weighted by atomic mass is 10.00. The Morgan fingerprint density at radius 2 is 2.20 bits per heavy atom. The van der Waals surface area contributed by atoms with Gasteiger partial charge in [0.1, 0.15) is 0 Å². The van der Waals surface area contributed by atoms with E-state index >= 15 is 0 Å². The molecule has 0 amide bonds. The average molecular weight is 212 g/mol. The highest BCUT2D eigenvalue weighted by Gasteiger charge is 2.18. The molecule has 0 saturated carbocycles. The van der Waals surface area contributed by atoms with Gasteiger partial charge in [0, 0.05) is 12.1 Å². The summed E-state index contributed by atoms with van der Waals surface area (Å²) in [6.45, 7) is 7.05. The van der Waals surface area contributed by atoms with Crippen molar-refractivity contribution in [1.82, 2.24) is 10.2 Å². The monoisotopic (exact) mass is 212 g/mol. The van der Waals surface area contributed by atoms with Gasteiger partial charge in [-0.15, -0.1) is 0 Å². The Morgan fingerprint density at radius 3 is 2.87 bits per heavy atom. The number of nitrogens with zero attached hydrogens (tertiary/aromatic N) is 1. The molecule has 1 N–H and O–H groups in total. The van der Waals surface area contributed by atoms with Gasteiger partial charge in [-0.25, -0.2) is 0 Å². The van der Waals surface area contributed by atoms with Crippen LogP contribution in [-0.2, 0) is 0 Å². The van der Waals surface area contributed by atoms with Crippen molar-refractivity contribution in [3.63, 3.8) is 0 Å². The molecule has 0 bridgehead atoms. The van der Waals surface area contributed by atoms with Gasteiger partial charge in [0.2, 0.25) is 0 Å². The molecule has 2 unspecified atom stereocenters. The van der Waals surface area contributed by atoms with Crippen LogP contribution in [0.3, 0.4) is 0 Å². The Balaban J connectivity index is 2.08. The molecule has 0 aromatic heterocycles. The molecule has 1 aliphatic heterocycles. The molecule has 1 aliphatic rings. The Hall–Kier alpha value is -0.0800. The van der Waals surface area contributed by atoms with Crippen LogP contribution in [-0.4, -0.2) is 37.1 Å². The van der Waals surface area contributed by atoms with E-state index < -0.39 is 0 Å². The van der Waals surface area contributed by atoms with Gasteiger partial charge in [0.15, 0.2) is 0 Å². The number of piperidine rings is 1. The highest BCUT2D eigenvalue weighted by molar-refractivity contribution is 4.75. The van der Waals surface area contributed by atoms with Crippen LogP contribution in [0, 0.1) is 0 Å². The molecule has 2 heteroatoms. The second-order valence-electron chi connectivity index (χ2n) is 5.06. The SMILES string of the molecule is CCCC(C)NCCC1CCCCN1C. The molecule has 1 heterocycles. The predicted octanol–water partition coefficient (Wildman–Crippen LogP) is 2.64. The lowest BCUT2D eigenvalue weighted by Crippen LogP contribution is -2.39. The van der Waals surface area contributed by atoms with Gasteiger partial charge < -0.3 is 10.2 Å². The second-order valence-corrected chi connectivity index (χ2v) is 5.06. The second kappa shape index (κ2) is 7.24. The van der Waals surface area contributed by atoms with E-state index in [1.807, 2.05) is 0 Å². The zero-order valence-corrected chi connectivity index (χ0v) is 10.8. The van der Waals surface area contributed by atoms with Gasteiger partial charge in [-0.3, -0.25) is 0 Å². The van der Waals surface area contributed by atoms with Crippen LogP contribution in [0.15, 0.2) is 0 Å². The molecule has 90 valence electrons. The van der Waals surface area contributed by atoms with Gasteiger partial charge in [0.05, 0.1) is 0 Å². The Bertz CT molecular complexity index is 159. The van der Waals surface area contributed by atoms with E-state index in [4.69, 9.17) is 0 Å². The molecule has 2 nitrogen and oxygen atoms in total. The number of likely N-dealkylation sites (tertiary alicyclic amines) is 1. The standard InChI is InChI=1S/C13H28N2/c1-4-7-12(2)14-10-9-13-8-5-6-11-15(13)3/h12-14H,4-11H2,1-3H3. The van der Waals surface area contributed by atoms with Crippen molar-refractivity contribution in [2.45, 2.75) is 64.5 Å². The van der Waals surface area contributed by atoms with Crippen molar-refractivity contribution >= 4 is 0 Å². The quantitative estimate of drug-likeness (QED) is 0.728. The van der Waals surface area contributed by atoms with E-state index in [-0.39, 0.29) is 0 Å². The van der Waals surface area contributed by atoms with Crippen LogP contribution in [0.5, 0.6) is 0 Å². The first kappa shape index (κ1) is 13.0. The van der Waals surface area contributed by atoms with E-state index in [1.165, 1.54) is 51.6 Å². The van der Waals surface area contributed by atoms with E-state index in [0.717, 1.165) is 6.04 Å². The van der Waals surface area contributed by atoms with Crippen LogP contribution >= 0.6 is 0 Å².